The van der Waals surface area contributed by atoms with Crippen molar-refractivity contribution in [2.24, 2.45) is 16.1 Å². The number of rotatable bonds is 11. The molecule has 1 aliphatic heterocycles. The van der Waals surface area contributed by atoms with Gasteiger partial charge in [0.15, 0.2) is 5.37 Å². The van der Waals surface area contributed by atoms with E-state index >= 15 is 0 Å². The molecule has 0 fully saturated rings. The summed E-state index contributed by atoms with van der Waals surface area (Å²) in [6.07, 6.45) is 0.806. The van der Waals surface area contributed by atoms with Gasteiger partial charge in [0.1, 0.15) is 17.6 Å². The van der Waals surface area contributed by atoms with E-state index in [1.54, 1.807) is 0 Å². The fourth-order valence-electron chi connectivity index (χ4n) is 3.69. The smallest absolute Gasteiger partial charge is 0.335 e. The van der Waals surface area contributed by atoms with Gasteiger partial charge in [0.25, 0.3) is 16.0 Å². The Morgan fingerprint density at radius 1 is 1.05 bits per heavy atom. The van der Waals surface area contributed by atoms with Gasteiger partial charge in [-0.25, -0.2) is 13.2 Å². The zero-order valence-electron chi connectivity index (χ0n) is 20.2. The highest BCUT2D eigenvalue weighted by atomic mass is 35.5. The van der Waals surface area contributed by atoms with Gasteiger partial charge in [-0.1, -0.05) is 6.08 Å². The predicted octanol–water partition coefficient (Wildman–Crippen LogP) is 1.00. The first-order valence-electron chi connectivity index (χ1n) is 10.4. The van der Waals surface area contributed by atoms with E-state index in [0.29, 0.717) is 0 Å². The Hall–Kier alpha value is -3.17. The topological polar surface area (TPSA) is 190 Å². The molecule has 1 aromatic heterocycles. The van der Waals surface area contributed by atoms with Crippen LogP contribution in [0.15, 0.2) is 23.2 Å². The summed E-state index contributed by atoms with van der Waals surface area (Å²) in [5.41, 5.74) is 3.44. The van der Waals surface area contributed by atoms with Crippen LogP contribution in [0.4, 0.5) is 10.7 Å². The lowest BCUT2D eigenvalue weighted by molar-refractivity contribution is -0.163. The summed E-state index contributed by atoms with van der Waals surface area (Å²) in [7, 11) is -2.56. The number of anilines is 1. The monoisotopic (exact) mass is 581 g/mol. The second-order valence-corrected chi connectivity index (χ2v) is 9.87. The first-order chi connectivity index (χ1) is 17.4. The van der Waals surface area contributed by atoms with Gasteiger partial charge in [-0.3, -0.25) is 14.6 Å². The Balaban J connectivity index is 2.87. The highest BCUT2D eigenvalue weighted by Crippen LogP contribution is 2.44. The number of carbonyl (C=O) groups excluding carboxylic acids is 3. The number of aliphatic imine (C=N–C) groups is 1. The third kappa shape index (κ3) is 6.22. The second kappa shape index (κ2) is 12.4. The zero-order valence-corrected chi connectivity index (χ0v) is 22.5. The fraction of sp³-hybridized carbons (Fsp3) is 0.500. The number of primary amides is 1. The van der Waals surface area contributed by atoms with Crippen molar-refractivity contribution in [2.75, 3.05) is 30.3 Å². The van der Waals surface area contributed by atoms with E-state index in [2.05, 4.69) is 15.0 Å². The van der Waals surface area contributed by atoms with Crippen molar-refractivity contribution in [1.29, 1.82) is 0 Å². The third-order valence-electron chi connectivity index (χ3n) is 5.14. The molecule has 37 heavy (non-hydrogen) atoms. The maximum Gasteiger partial charge on any atom is 0.335 e. The van der Waals surface area contributed by atoms with Crippen LogP contribution in [-0.2, 0) is 29.1 Å². The van der Waals surface area contributed by atoms with Crippen LogP contribution in [0.3, 0.4) is 0 Å². The van der Waals surface area contributed by atoms with Gasteiger partial charge in [0, 0.05) is 20.1 Å². The van der Waals surface area contributed by atoms with Gasteiger partial charge < -0.3 is 24.7 Å². The number of nitrogens with two attached hydrogens (primary N) is 1. The Bertz CT molecular complexity index is 1150. The molecule has 2 heterocycles. The third-order valence-corrected chi connectivity index (χ3v) is 7.64. The van der Waals surface area contributed by atoms with Gasteiger partial charge in [-0.2, -0.15) is 14.3 Å². The number of aromatic nitrogens is 2. The molecule has 1 aromatic rings. The lowest BCUT2D eigenvalue weighted by Crippen LogP contribution is -2.62. The Labute approximate surface area is 222 Å². The maximum atomic E-state index is 14.1. The minimum absolute atomic E-state index is 0.0755. The maximum absolute atomic E-state index is 14.1. The number of methoxy groups -OCH3 is 2. The first kappa shape index (κ1) is 30.1. The molecule has 3 atom stereocenters. The van der Waals surface area contributed by atoms with Crippen molar-refractivity contribution in [2.45, 2.75) is 31.4 Å². The molecule has 0 aromatic carbocycles. The molecule has 0 radical (unpaired) electrons. The highest BCUT2D eigenvalue weighted by molar-refractivity contribution is 7.94. The molecule has 1 aliphatic rings. The van der Waals surface area contributed by atoms with Crippen molar-refractivity contribution in [3.8, 4) is 11.8 Å². The lowest BCUT2D eigenvalue weighted by Gasteiger charge is -2.45. The largest absolute Gasteiger partial charge is 0.481 e. The molecule has 0 saturated carbocycles. The molecule has 0 saturated heterocycles. The van der Waals surface area contributed by atoms with Gasteiger partial charge in [-0.15, -0.1) is 23.2 Å². The van der Waals surface area contributed by atoms with Crippen molar-refractivity contribution < 1.29 is 41.7 Å². The van der Waals surface area contributed by atoms with E-state index in [1.807, 2.05) is 0 Å². The standard InChI is InChI=1S/C20H25Cl2N5O9S/c1-11(28)35-13(9-21)20(14(10-22)36-12(2)29)6-5-7-24-17(20)37(31,32)27(18(23)30)19-25-15(33-3)8-16(26-19)34-4/h5-8,13-14,17H,9-10H2,1-4H3,(H2,23,30). The molecule has 0 bridgehead atoms. The van der Waals surface area contributed by atoms with E-state index in [9.17, 15) is 22.8 Å². The average molecular weight is 582 g/mol. The summed E-state index contributed by atoms with van der Waals surface area (Å²) in [6, 6.07) is -0.283. The van der Waals surface area contributed by atoms with Crippen LogP contribution in [-0.4, -0.2) is 86.1 Å². The van der Waals surface area contributed by atoms with Crippen molar-refractivity contribution in [3.63, 3.8) is 0 Å². The number of sulfonamides is 1. The number of hydrogen-bond acceptors (Lipinski definition) is 12. The van der Waals surface area contributed by atoms with Crippen LogP contribution in [0.5, 0.6) is 11.8 Å². The number of urea groups is 1. The van der Waals surface area contributed by atoms with Gasteiger partial charge in [0.05, 0.1) is 32.0 Å². The molecule has 0 aliphatic carbocycles. The number of ether oxygens (including phenoxy) is 4. The number of amides is 2. The minimum atomic E-state index is -5.04. The van der Waals surface area contributed by atoms with E-state index in [4.69, 9.17) is 47.9 Å². The van der Waals surface area contributed by atoms with Crippen LogP contribution in [0.25, 0.3) is 0 Å². The van der Waals surface area contributed by atoms with E-state index < -0.39 is 68.7 Å². The number of nitrogens with zero attached hydrogens (tertiary/aromatic N) is 4. The molecular weight excluding hydrogens is 557 g/mol. The number of carbonyl (C=O) groups is 3. The lowest BCUT2D eigenvalue weighted by atomic mass is 9.75. The second-order valence-electron chi connectivity index (χ2n) is 7.41. The van der Waals surface area contributed by atoms with E-state index in [1.165, 1.54) is 32.4 Å². The molecule has 2 N–H and O–H groups in total. The summed E-state index contributed by atoms with van der Waals surface area (Å²) >= 11 is 12.2. The molecule has 0 spiro atoms. The molecular formula is C20H25Cl2N5O9S. The van der Waals surface area contributed by atoms with Crippen LogP contribution in [0.2, 0.25) is 0 Å². The van der Waals surface area contributed by atoms with Crippen LogP contribution < -0.4 is 19.5 Å². The normalized spacial score (nSPS) is 20.4. The van der Waals surface area contributed by atoms with E-state index in [0.717, 1.165) is 20.1 Å². The molecule has 17 heteroatoms. The number of esters is 2. The van der Waals surface area contributed by atoms with Crippen molar-refractivity contribution >= 4 is 63.4 Å². The highest BCUT2D eigenvalue weighted by Gasteiger charge is 2.60. The first-order valence-corrected chi connectivity index (χ1v) is 12.9. The summed E-state index contributed by atoms with van der Waals surface area (Å²) in [6.45, 7) is 2.14. The van der Waals surface area contributed by atoms with Crippen molar-refractivity contribution in [3.05, 3.63) is 18.2 Å². The van der Waals surface area contributed by atoms with Gasteiger partial charge in [0.2, 0.25) is 11.8 Å². The minimum Gasteiger partial charge on any atom is -0.481 e. The number of alkyl halides is 2. The predicted molar refractivity (Wildman–Crippen MR) is 133 cm³/mol. The zero-order chi connectivity index (χ0) is 28.0. The number of dihydropyridines is 1. The van der Waals surface area contributed by atoms with E-state index in [-0.39, 0.29) is 16.1 Å². The summed E-state index contributed by atoms with van der Waals surface area (Å²) in [5.74, 6) is -3.63. The quantitative estimate of drug-likeness (QED) is 0.289. The fourth-order valence-corrected chi connectivity index (χ4v) is 6.23. The summed E-state index contributed by atoms with van der Waals surface area (Å²) in [4.78, 5) is 48.2. The van der Waals surface area contributed by atoms with Gasteiger partial charge in [-0.05, 0) is 6.08 Å². The molecule has 204 valence electrons. The Morgan fingerprint density at radius 3 is 1.92 bits per heavy atom. The number of allylic oxidation sites excluding steroid dienone is 1. The molecule has 14 nitrogen and oxygen atoms in total. The summed E-state index contributed by atoms with van der Waals surface area (Å²) < 4.78 is 49.0. The Kier molecular flexibility index (Phi) is 10.1. The Morgan fingerprint density at radius 2 is 1.54 bits per heavy atom. The van der Waals surface area contributed by atoms with Crippen molar-refractivity contribution in [1.82, 2.24) is 9.97 Å². The molecule has 2 amide bonds. The number of halogens is 2. The molecule has 3 unspecified atom stereocenters. The van der Waals surface area contributed by atoms with Crippen LogP contribution in [0, 0.1) is 5.41 Å². The van der Waals surface area contributed by atoms with Crippen LogP contribution in [0.1, 0.15) is 13.8 Å². The SMILES string of the molecule is COc1cc(OC)nc(N(C(N)=O)S(=O)(=O)C2N=CC=CC2(C(CCl)OC(C)=O)C(CCl)OC(C)=O)n1. The molecule has 2 rings (SSSR count). The number of hydrogen-bond donors (Lipinski definition) is 1. The van der Waals surface area contributed by atoms with Gasteiger partial charge >= 0.3 is 18.0 Å². The average Bonchev–Trinajstić information content (AvgIpc) is 2.84. The van der Waals surface area contributed by atoms with Crippen LogP contribution >= 0.6 is 23.2 Å². The summed E-state index contributed by atoms with van der Waals surface area (Å²) in [5, 5.41) is -2.02.